The standard InChI is InChI=1S/C11H10FN3O3/c12-9-4-3-8(7-10(9)15(17)18)11(16)14-6-2-1-5-13/h3-4,7H,1-2,6H2,(H,14,16). The number of unbranched alkanes of at least 4 members (excludes halogenated alkanes) is 1. The summed E-state index contributed by atoms with van der Waals surface area (Å²) in [5.41, 5.74) is -0.722. The van der Waals surface area contributed by atoms with Crippen LogP contribution in [0.15, 0.2) is 18.2 Å². The molecule has 1 rings (SSSR count). The number of nitriles is 1. The van der Waals surface area contributed by atoms with Crippen LogP contribution in [0.1, 0.15) is 23.2 Å². The highest BCUT2D eigenvalue weighted by atomic mass is 19.1. The number of nitro benzene ring substituents is 1. The fourth-order valence-electron chi connectivity index (χ4n) is 1.27. The van der Waals surface area contributed by atoms with Gasteiger partial charge in [0.15, 0.2) is 0 Å². The van der Waals surface area contributed by atoms with Gasteiger partial charge in [0.1, 0.15) is 0 Å². The first-order chi connectivity index (χ1) is 8.56. The Kier molecular flexibility index (Phi) is 4.75. The molecule has 0 bridgehead atoms. The smallest absolute Gasteiger partial charge is 0.305 e. The van der Waals surface area contributed by atoms with E-state index in [0.717, 1.165) is 12.1 Å². The van der Waals surface area contributed by atoms with Crippen LogP contribution in [-0.2, 0) is 0 Å². The Bertz CT molecular complexity index is 511. The predicted molar refractivity (Wildman–Crippen MR) is 60.2 cm³/mol. The average Bonchev–Trinajstić information content (AvgIpc) is 2.34. The molecular formula is C11H10FN3O3. The highest BCUT2D eigenvalue weighted by molar-refractivity contribution is 5.94. The van der Waals surface area contributed by atoms with Gasteiger partial charge in [-0.3, -0.25) is 14.9 Å². The predicted octanol–water partition coefficient (Wildman–Crippen LogP) is 1.77. The second-order valence-electron chi connectivity index (χ2n) is 3.44. The summed E-state index contributed by atoms with van der Waals surface area (Å²) in [4.78, 5) is 21.2. The molecule has 1 aromatic carbocycles. The van der Waals surface area contributed by atoms with Gasteiger partial charge in [0.2, 0.25) is 5.82 Å². The molecule has 0 atom stereocenters. The zero-order valence-corrected chi connectivity index (χ0v) is 9.35. The summed E-state index contributed by atoms with van der Waals surface area (Å²) in [6.45, 7) is 0.289. The van der Waals surface area contributed by atoms with E-state index in [1.54, 1.807) is 0 Å². The highest BCUT2D eigenvalue weighted by Gasteiger charge is 2.17. The van der Waals surface area contributed by atoms with Crippen molar-refractivity contribution in [2.24, 2.45) is 0 Å². The summed E-state index contributed by atoms with van der Waals surface area (Å²) >= 11 is 0. The number of nitrogens with one attached hydrogen (secondary N) is 1. The molecule has 6 nitrogen and oxygen atoms in total. The molecule has 0 saturated heterocycles. The van der Waals surface area contributed by atoms with E-state index in [9.17, 15) is 19.3 Å². The van der Waals surface area contributed by atoms with Crippen LogP contribution in [0.5, 0.6) is 0 Å². The number of hydrogen-bond donors (Lipinski definition) is 1. The van der Waals surface area contributed by atoms with Crippen molar-refractivity contribution in [1.82, 2.24) is 5.32 Å². The van der Waals surface area contributed by atoms with Crippen molar-refractivity contribution >= 4 is 11.6 Å². The van der Waals surface area contributed by atoms with Gasteiger partial charge < -0.3 is 5.32 Å². The molecule has 1 N–H and O–H groups in total. The third-order valence-corrected chi connectivity index (χ3v) is 2.16. The van der Waals surface area contributed by atoms with E-state index in [-0.39, 0.29) is 12.1 Å². The first-order valence-electron chi connectivity index (χ1n) is 5.15. The molecule has 0 radical (unpaired) electrons. The van der Waals surface area contributed by atoms with Crippen LogP contribution in [0.3, 0.4) is 0 Å². The molecule has 7 heteroatoms. The molecule has 0 aliphatic heterocycles. The van der Waals surface area contributed by atoms with Crippen LogP contribution in [0.4, 0.5) is 10.1 Å². The minimum absolute atomic E-state index is 0.0139. The van der Waals surface area contributed by atoms with E-state index < -0.39 is 22.3 Å². The lowest BCUT2D eigenvalue weighted by Crippen LogP contribution is -2.24. The molecule has 0 fully saturated rings. The second kappa shape index (κ2) is 6.30. The van der Waals surface area contributed by atoms with E-state index in [1.807, 2.05) is 6.07 Å². The minimum Gasteiger partial charge on any atom is -0.352 e. The normalized spacial score (nSPS) is 9.56. The maximum atomic E-state index is 13.0. The van der Waals surface area contributed by atoms with E-state index in [1.165, 1.54) is 6.07 Å². The molecule has 1 amide bonds. The Morgan fingerprint density at radius 1 is 1.56 bits per heavy atom. The lowest BCUT2D eigenvalue weighted by atomic mass is 10.2. The van der Waals surface area contributed by atoms with Gasteiger partial charge in [-0.2, -0.15) is 9.65 Å². The molecular weight excluding hydrogens is 241 g/mol. The van der Waals surface area contributed by atoms with Crippen LogP contribution < -0.4 is 5.32 Å². The third kappa shape index (κ3) is 3.52. The Morgan fingerprint density at radius 2 is 2.28 bits per heavy atom. The van der Waals surface area contributed by atoms with Crippen molar-refractivity contribution in [1.29, 1.82) is 5.26 Å². The van der Waals surface area contributed by atoms with Crippen molar-refractivity contribution in [2.45, 2.75) is 12.8 Å². The molecule has 0 unspecified atom stereocenters. The zero-order chi connectivity index (χ0) is 13.5. The van der Waals surface area contributed by atoms with Crippen LogP contribution in [-0.4, -0.2) is 17.4 Å². The highest BCUT2D eigenvalue weighted by Crippen LogP contribution is 2.18. The number of rotatable bonds is 5. The summed E-state index contributed by atoms with van der Waals surface area (Å²) < 4.78 is 13.0. The fraction of sp³-hybridized carbons (Fsp3) is 0.273. The Labute approximate surface area is 102 Å². The Balaban J connectivity index is 2.72. The third-order valence-electron chi connectivity index (χ3n) is 2.16. The molecule has 0 aromatic heterocycles. The summed E-state index contributed by atoms with van der Waals surface area (Å²) in [6.07, 6.45) is 0.801. The minimum atomic E-state index is -0.985. The van der Waals surface area contributed by atoms with E-state index in [0.29, 0.717) is 12.8 Å². The van der Waals surface area contributed by atoms with Crippen LogP contribution in [0.2, 0.25) is 0 Å². The molecule has 18 heavy (non-hydrogen) atoms. The van der Waals surface area contributed by atoms with E-state index in [4.69, 9.17) is 5.26 Å². The second-order valence-corrected chi connectivity index (χ2v) is 3.44. The van der Waals surface area contributed by atoms with Crippen molar-refractivity contribution in [3.63, 3.8) is 0 Å². The number of nitrogens with zero attached hydrogens (tertiary/aromatic N) is 2. The lowest BCUT2D eigenvalue weighted by molar-refractivity contribution is -0.387. The van der Waals surface area contributed by atoms with Gasteiger partial charge in [-0.25, -0.2) is 0 Å². The average molecular weight is 251 g/mol. The van der Waals surface area contributed by atoms with Gasteiger partial charge in [-0.1, -0.05) is 0 Å². The topological polar surface area (TPSA) is 96.0 Å². The Hall–Kier alpha value is -2.49. The number of amides is 1. The maximum Gasteiger partial charge on any atom is 0.305 e. The van der Waals surface area contributed by atoms with E-state index >= 15 is 0 Å². The van der Waals surface area contributed by atoms with Crippen LogP contribution in [0, 0.1) is 27.3 Å². The number of carbonyl (C=O) groups excluding carboxylic acids is 1. The summed E-state index contributed by atoms with van der Waals surface area (Å²) in [5, 5.41) is 21.3. The first-order valence-corrected chi connectivity index (χ1v) is 5.15. The molecule has 0 heterocycles. The van der Waals surface area contributed by atoms with Crippen LogP contribution in [0.25, 0.3) is 0 Å². The zero-order valence-electron chi connectivity index (χ0n) is 9.35. The summed E-state index contributed by atoms with van der Waals surface area (Å²) in [7, 11) is 0. The van der Waals surface area contributed by atoms with Gasteiger partial charge >= 0.3 is 5.69 Å². The van der Waals surface area contributed by atoms with Gasteiger partial charge in [0.05, 0.1) is 11.0 Å². The first kappa shape index (κ1) is 13.6. The number of halogens is 1. The maximum absolute atomic E-state index is 13.0. The summed E-state index contributed by atoms with van der Waals surface area (Å²) in [6, 6.07) is 4.85. The van der Waals surface area contributed by atoms with Crippen molar-refractivity contribution in [2.75, 3.05) is 6.54 Å². The summed E-state index contributed by atoms with van der Waals surface area (Å²) in [5.74, 6) is -1.52. The Morgan fingerprint density at radius 3 is 2.89 bits per heavy atom. The number of nitro groups is 1. The van der Waals surface area contributed by atoms with E-state index in [2.05, 4.69) is 5.32 Å². The quantitative estimate of drug-likeness (QED) is 0.490. The fourth-order valence-corrected chi connectivity index (χ4v) is 1.27. The van der Waals surface area contributed by atoms with Crippen molar-refractivity contribution in [3.8, 4) is 6.07 Å². The van der Waals surface area contributed by atoms with Gasteiger partial charge in [-0.05, 0) is 18.6 Å². The number of carbonyl (C=O) groups is 1. The monoisotopic (exact) mass is 251 g/mol. The number of benzene rings is 1. The van der Waals surface area contributed by atoms with Crippen molar-refractivity contribution < 1.29 is 14.1 Å². The van der Waals surface area contributed by atoms with Gasteiger partial charge in [-0.15, -0.1) is 0 Å². The molecule has 0 saturated carbocycles. The van der Waals surface area contributed by atoms with Crippen molar-refractivity contribution in [3.05, 3.63) is 39.7 Å². The largest absolute Gasteiger partial charge is 0.352 e. The molecule has 94 valence electrons. The molecule has 0 aliphatic carbocycles. The lowest BCUT2D eigenvalue weighted by Gasteiger charge is -2.03. The molecule has 0 spiro atoms. The van der Waals surface area contributed by atoms with Gasteiger partial charge in [0, 0.05) is 24.6 Å². The van der Waals surface area contributed by atoms with Gasteiger partial charge in [0.25, 0.3) is 5.91 Å². The SMILES string of the molecule is N#CCCCNC(=O)c1ccc(F)c([N+](=O)[O-])c1. The van der Waals surface area contributed by atoms with Crippen LogP contribution >= 0.6 is 0 Å². The molecule has 1 aromatic rings. The molecule has 0 aliphatic rings. The number of hydrogen-bond acceptors (Lipinski definition) is 4.